The molecule has 1 N–H and O–H groups in total. The summed E-state index contributed by atoms with van der Waals surface area (Å²) in [6.07, 6.45) is 0.559. The lowest BCUT2D eigenvalue weighted by Gasteiger charge is -2.04. The zero-order chi connectivity index (χ0) is 15.2. The lowest BCUT2D eigenvalue weighted by Crippen LogP contribution is -2.10. The third kappa shape index (κ3) is 5.79. The predicted octanol–water partition coefficient (Wildman–Crippen LogP) is 1.76. The van der Waals surface area contributed by atoms with Gasteiger partial charge in [-0.15, -0.1) is 0 Å². The number of rotatable bonds is 8. The van der Waals surface area contributed by atoms with E-state index in [-0.39, 0.29) is 23.6 Å². The maximum atomic E-state index is 11.8. The van der Waals surface area contributed by atoms with Gasteiger partial charge in [0, 0.05) is 18.6 Å². The van der Waals surface area contributed by atoms with Gasteiger partial charge in [-0.3, -0.25) is 14.9 Å². The summed E-state index contributed by atoms with van der Waals surface area (Å²) >= 11 is 0. The molecule has 0 atom stereocenters. The molecule has 0 aliphatic carbocycles. The zero-order valence-corrected chi connectivity index (χ0v) is 11.5. The molecule has 0 saturated heterocycles. The van der Waals surface area contributed by atoms with Crippen LogP contribution >= 0.6 is 0 Å². The Bertz CT molecular complexity index is 578. The molecule has 20 heavy (non-hydrogen) atoms. The highest BCUT2D eigenvalue weighted by Crippen LogP contribution is 2.15. The lowest BCUT2D eigenvalue weighted by atomic mass is 10.2. The SMILES string of the molecule is O=C(O)CCCCS(=O)(=O)Cc1ccc([N+](=O)[O-])cc1. The van der Waals surface area contributed by atoms with Gasteiger partial charge in [-0.05, 0) is 18.4 Å². The van der Waals surface area contributed by atoms with E-state index >= 15 is 0 Å². The van der Waals surface area contributed by atoms with E-state index in [0.29, 0.717) is 18.4 Å². The van der Waals surface area contributed by atoms with Gasteiger partial charge in [0.15, 0.2) is 9.84 Å². The summed E-state index contributed by atoms with van der Waals surface area (Å²) in [5, 5.41) is 18.9. The van der Waals surface area contributed by atoms with E-state index in [4.69, 9.17) is 5.11 Å². The molecule has 8 heteroatoms. The fourth-order valence-electron chi connectivity index (χ4n) is 1.64. The van der Waals surface area contributed by atoms with Crippen LogP contribution in [-0.4, -0.2) is 30.2 Å². The quantitative estimate of drug-likeness (QED) is 0.444. The van der Waals surface area contributed by atoms with Crippen LogP contribution in [0.5, 0.6) is 0 Å². The van der Waals surface area contributed by atoms with Crippen molar-refractivity contribution >= 4 is 21.5 Å². The van der Waals surface area contributed by atoms with Crippen molar-refractivity contribution in [2.75, 3.05) is 5.75 Å². The largest absolute Gasteiger partial charge is 0.481 e. The molecule has 0 amide bonds. The Hall–Kier alpha value is -1.96. The van der Waals surface area contributed by atoms with E-state index in [1.54, 1.807) is 0 Å². The van der Waals surface area contributed by atoms with E-state index < -0.39 is 20.7 Å². The van der Waals surface area contributed by atoms with Crippen LogP contribution < -0.4 is 0 Å². The number of nitro groups is 1. The summed E-state index contributed by atoms with van der Waals surface area (Å²) in [6, 6.07) is 5.34. The molecule has 0 aromatic heterocycles. The van der Waals surface area contributed by atoms with Crippen molar-refractivity contribution in [3.05, 3.63) is 39.9 Å². The maximum Gasteiger partial charge on any atom is 0.303 e. The summed E-state index contributed by atoms with van der Waals surface area (Å²) < 4.78 is 23.6. The van der Waals surface area contributed by atoms with Gasteiger partial charge in [0.25, 0.3) is 5.69 Å². The molecule has 0 spiro atoms. The van der Waals surface area contributed by atoms with Gasteiger partial charge in [-0.25, -0.2) is 8.42 Å². The minimum Gasteiger partial charge on any atom is -0.481 e. The first-order valence-corrected chi connectivity index (χ1v) is 7.78. The van der Waals surface area contributed by atoms with Gasteiger partial charge in [0.05, 0.1) is 16.4 Å². The van der Waals surface area contributed by atoms with E-state index in [1.165, 1.54) is 24.3 Å². The number of non-ortho nitro benzene ring substituents is 1. The number of hydrogen-bond donors (Lipinski definition) is 1. The molecule has 0 bridgehead atoms. The molecule has 0 aliphatic rings. The van der Waals surface area contributed by atoms with Crippen molar-refractivity contribution in [3.63, 3.8) is 0 Å². The van der Waals surface area contributed by atoms with Crippen molar-refractivity contribution < 1.29 is 23.2 Å². The Morgan fingerprint density at radius 1 is 1.20 bits per heavy atom. The van der Waals surface area contributed by atoms with E-state index in [0.717, 1.165) is 0 Å². The average Bonchev–Trinajstić information content (AvgIpc) is 2.34. The van der Waals surface area contributed by atoms with Crippen LogP contribution in [0, 0.1) is 10.1 Å². The van der Waals surface area contributed by atoms with E-state index in [1.807, 2.05) is 0 Å². The van der Waals surface area contributed by atoms with Crippen molar-refractivity contribution in [2.24, 2.45) is 0 Å². The Morgan fingerprint density at radius 3 is 2.30 bits per heavy atom. The van der Waals surface area contributed by atoms with E-state index in [9.17, 15) is 23.3 Å². The second-order valence-electron chi connectivity index (χ2n) is 4.37. The van der Waals surface area contributed by atoms with Crippen molar-refractivity contribution in [1.82, 2.24) is 0 Å². The normalized spacial score (nSPS) is 11.2. The second-order valence-corrected chi connectivity index (χ2v) is 6.55. The molecule has 0 heterocycles. The number of nitrogens with zero attached hydrogens (tertiary/aromatic N) is 1. The van der Waals surface area contributed by atoms with Crippen LogP contribution in [0.2, 0.25) is 0 Å². The Kier molecular flexibility index (Phi) is 5.63. The van der Waals surface area contributed by atoms with Crippen molar-refractivity contribution in [2.45, 2.75) is 25.0 Å². The molecule has 0 fully saturated rings. The van der Waals surface area contributed by atoms with Crippen LogP contribution in [0.4, 0.5) is 5.69 Å². The number of aliphatic carboxylic acids is 1. The molecule has 1 rings (SSSR count). The monoisotopic (exact) mass is 301 g/mol. The Morgan fingerprint density at radius 2 is 1.80 bits per heavy atom. The third-order valence-electron chi connectivity index (χ3n) is 2.63. The first-order valence-electron chi connectivity index (χ1n) is 5.96. The fraction of sp³-hybridized carbons (Fsp3) is 0.417. The summed E-state index contributed by atoms with van der Waals surface area (Å²) in [5.74, 6) is -1.23. The van der Waals surface area contributed by atoms with Crippen LogP contribution in [0.1, 0.15) is 24.8 Å². The third-order valence-corrected chi connectivity index (χ3v) is 4.31. The zero-order valence-electron chi connectivity index (χ0n) is 10.7. The minimum absolute atomic E-state index is 0.0486. The van der Waals surface area contributed by atoms with Gasteiger partial charge in [-0.1, -0.05) is 12.1 Å². The molecule has 1 aromatic rings. The molecular weight excluding hydrogens is 286 g/mol. The van der Waals surface area contributed by atoms with Gasteiger partial charge < -0.3 is 5.11 Å². The van der Waals surface area contributed by atoms with Crippen LogP contribution in [-0.2, 0) is 20.4 Å². The predicted molar refractivity (Wildman–Crippen MR) is 72.1 cm³/mol. The number of sulfone groups is 1. The summed E-state index contributed by atoms with van der Waals surface area (Å²) in [6.45, 7) is 0. The van der Waals surface area contributed by atoms with Crippen LogP contribution in [0.15, 0.2) is 24.3 Å². The number of carboxylic acid groups (broad SMARTS) is 1. The van der Waals surface area contributed by atoms with Crippen LogP contribution in [0.25, 0.3) is 0 Å². The average molecular weight is 301 g/mol. The Labute approximate surface area is 116 Å². The summed E-state index contributed by atoms with van der Waals surface area (Å²) in [5.41, 5.74) is 0.390. The highest BCUT2D eigenvalue weighted by atomic mass is 32.2. The highest BCUT2D eigenvalue weighted by Gasteiger charge is 2.13. The fourth-order valence-corrected chi connectivity index (χ4v) is 3.13. The number of unbranched alkanes of at least 4 members (excludes halogenated alkanes) is 1. The molecule has 7 nitrogen and oxygen atoms in total. The highest BCUT2D eigenvalue weighted by molar-refractivity contribution is 7.90. The number of nitro benzene ring substituents is 1. The number of carboxylic acids is 1. The standard InChI is InChI=1S/C12H15NO6S/c14-12(15)3-1-2-8-20(18,19)9-10-4-6-11(7-5-10)13(16)17/h4-7H,1-3,8-9H2,(H,14,15). The molecule has 0 aliphatic heterocycles. The first-order chi connectivity index (χ1) is 9.30. The summed E-state index contributed by atoms with van der Waals surface area (Å²) in [4.78, 5) is 20.2. The first kappa shape index (κ1) is 16.1. The molecule has 110 valence electrons. The number of carbonyl (C=O) groups is 1. The number of benzene rings is 1. The molecular formula is C12H15NO6S. The van der Waals surface area contributed by atoms with Crippen molar-refractivity contribution in [1.29, 1.82) is 0 Å². The topological polar surface area (TPSA) is 115 Å². The molecule has 0 unspecified atom stereocenters. The number of hydrogen-bond acceptors (Lipinski definition) is 5. The van der Waals surface area contributed by atoms with Gasteiger partial charge in [-0.2, -0.15) is 0 Å². The second kappa shape index (κ2) is 6.99. The molecule has 0 saturated carbocycles. The smallest absolute Gasteiger partial charge is 0.303 e. The maximum absolute atomic E-state index is 11.8. The van der Waals surface area contributed by atoms with Gasteiger partial charge in [0.1, 0.15) is 0 Å². The minimum atomic E-state index is -3.33. The molecule has 1 aromatic carbocycles. The van der Waals surface area contributed by atoms with Crippen LogP contribution in [0.3, 0.4) is 0 Å². The van der Waals surface area contributed by atoms with Crippen molar-refractivity contribution in [3.8, 4) is 0 Å². The molecule has 0 radical (unpaired) electrons. The van der Waals surface area contributed by atoms with Gasteiger partial charge >= 0.3 is 5.97 Å². The lowest BCUT2D eigenvalue weighted by molar-refractivity contribution is -0.384. The van der Waals surface area contributed by atoms with Gasteiger partial charge in [0.2, 0.25) is 0 Å². The summed E-state index contributed by atoms with van der Waals surface area (Å²) in [7, 11) is -3.33. The van der Waals surface area contributed by atoms with E-state index in [2.05, 4.69) is 0 Å². The Balaban J connectivity index is 2.53.